The summed E-state index contributed by atoms with van der Waals surface area (Å²) in [5.41, 5.74) is 1.57. The van der Waals surface area contributed by atoms with Crippen LogP contribution < -0.4 is 0 Å². The van der Waals surface area contributed by atoms with Gasteiger partial charge in [0.15, 0.2) is 0 Å². The van der Waals surface area contributed by atoms with E-state index in [0.717, 1.165) is 5.75 Å². The lowest BCUT2D eigenvalue weighted by Crippen LogP contribution is -2.07. The van der Waals surface area contributed by atoms with Gasteiger partial charge in [0.1, 0.15) is 0 Å². The Labute approximate surface area is 66.7 Å². The minimum absolute atomic E-state index is 0.358. The molecule has 54 valence electrons. The van der Waals surface area contributed by atoms with Crippen LogP contribution in [0.25, 0.3) is 0 Å². The van der Waals surface area contributed by atoms with Gasteiger partial charge in [-0.1, -0.05) is 38.4 Å². The van der Waals surface area contributed by atoms with Crippen molar-refractivity contribution in [3.8, 4) is 0 Å². The van der Waals surface area contributed by atoms with Crippen LogP contribution in [0.2, 0.25) is 0 Å². The molecule has 0 radical (unpaired) electrons. The molecule has 0 aromatic carbocycles. The highest BCUT2D eigenvalue weighted by atomic mass is 35.5. The van der Waals surface area contributed by atoms with E-state index in [4.69, 9.17) is 11.6 Å². The number of rotatable bonds is 2. The largest absolute Gasteiger partial charge is 0.152 e. The van der Waals surface area contributed by atoms with Crippen LogP contribution in [0.4, 0.5) is 0 Å². The molecule has 2 heteroatoms. The third kappa shape index (κ3) is 8.38. The van der Waals surface area contributed by atoms with E-state index in [1.165, 1.54) is 0 Å². The van der Waals surface area contributed by atoms with Gasteiger partial charge in [-0.25, -0.2) is 0 Å². The van der Waals surface area contributed by atoms with Crippen LogP contribution in [0.1, 0.15) is 20.8 Å². The molecule has 0 aromatic heterocycles. The van der Waals surface area contributed by atoms with E-state index in [1.807, 2.05) is 17.8 Å². The first-order valence-corrected chi connectivity index (χ1v) is 4.37. The molecule has 0 heterocycles. The highest BCUT2D eigenvalue weighted by Gasteiger charge is 2.07. The molecule has 0 aliphatic rings. The molecule has 0 bridgehead atoms. The van der Waals surface area contributed by atoms with Crippen LogP contribution in [-0.4, -0.2) is 10.5 Å². The average Bonchev–Trinajstić information content (AvgIpc) is 1.63. The Morgan fingerprint density at radius 2 is 2.00 bits per heavy atom. The van der Waals surface area contributed by atoms with Gasteiger partial charge in [0.25, 0.3) is 0 Å². The van der Waals surface area contributed by atoms with E-state index in [0.29, 0.717) is 4.75 Å². The maximum absolute atomic E-state index is 5.34. The standard InChI is InChI=1S/C7H13ClS/c1-7(2,3)9-6-4-5-8/h4-5H,6H2,1-3H3/b5-4+. The van der Waals surface area contributed by atoms with Crippen molar-refractivity contribution >= 4 is 23.4 Å². The fourth-order valence-electron chi connectivity index (χ4n) is 0.334. The minimum atomic E-state index is 0.358. The van der Waals surface area contributed by atoms with Crippen molar-refractivity contribution in [2.45, 2.75) is 25.5 Å². The Morgan fingerprint density at radius 1 is 1.44 bits per heavy atom. The monoisotopic (exact) mass is 164 g/mol. The summed E-state index contributed by atoms with van der Waals surface area (Å²) < 4.78 is 0.358. The summed E-state index contributed by atoms with van der Waals surface area (Å²) >= 11 is 7.22. The summed E-state index contributed by atoms with van der Waals surface area (Å²) in [6.07, 6.45) is 1.96. The van der Waals surface area contributed by atoms with Crippen molar-refractivity contribution < 1.29 is 0 Å². The summed E-state index contributed by atoms with van der Waals surface area (Å²) in [6, 6.07) is 0. The molecule has 0 fully saturated rings. The Hall–Kier alpha value is 0.380. The highest BCUT2D eigenvalue weighted by molar-refractivity contribution is 8.00. The van der Waals surface area contributed by atoms with E-state index in [1.54, 1.807) is 5.54 Å². The molecule has 0 aliphatic carbocycles. The van der Waals surface area contributed by atoms with Gasteiger partial charge in [-0.15, -0.1) is 0 Å². The maximum atomic E-state index is 5.34. The van der Waals surface area contributed by atoms with E-state index in [-0.39, 0.29) is 0 Å². The summed E-state index contributed by atoms with van der Waals surface area (Å²) in [5, 5.41) is 0. The van der Waals surface area contributed by atoms with Crippen LogP contribution in [0.5, 0.6) is 0 Å². The van der Waals surface area contributed by atoms with Crippen molar-refractivity contribution in [1.82, 2.24) is 0 Å². The normalized spacial score (nSPS) is 12.9. The van der Waals surface area contributed by atoms with Crippen LogP contribution >= 0.6 is 23.4 Å². The average molecular weight is 165 g/mol. The Balaban J connectivity index is 3.28. The molecule has 0 aliphatic heterocycles. The fourth-order valence-corrected chi connectivity index (χ4v) is 1.22. The van der Waals surface area contributed by atoms with Crippen molar-refractivity contribution in [2.24, 2.45) is 0 Å². The molecule has 0 nitrogen and oxygen atoms in total. The molecule has 9 heavy (non-hydrogen) atoms. The molecule has 0 unspecified atom stereocenters. The van der Waals surface area contributed by atoms with E-state index in [2.05, 4.69) is 20.8 Å². The topological polar surface area (TPSA) is 0 Å². The molecule has 0 N–H and O–H groups in total. The Morgan fingerprint density at radius 3 is 2.33 bits per heavy atom. The molecule has 0 rings (SSSR count). The van der Waals surface area contributed by atoms with Crippen molar-refractivity contribution in [2.75, 3.05) is 5.75 Å². The molecule has 0 saturated heterocycles. The van der Waals surface area contributed by atoms with Gasteiger partial charge < -0.3 is 0 Å². The SMILES string of the molecule is CC(C)(C)SC/C=C/Cl. The van der Waals surface area contributed by atoms with Gasteiger partial charge in [-0.3, -0.25) is 0 Å². The minimum Gasteiger partial charge on any atom is -0.152 e. The van der Waals surface area contributed by atoms with Gasteiger partial charge >= 0.3 is 0 Å². The third-order valence-corrected chi connectivity index (χ3v) is 2.10. The fraction of sp³-hybridized carbons (Fsp3) is 0.714. The molecule has 0 amide bonds. The van der Waals surface area contributed by atoms with Crippen molar-refractivity contribution in [3.05, 3.63) is 11.6 Å². The summed E-state index contributed by atoms with van der Waals surface area (Å²) in [5.74, 6) is 1.01. The predicted octanol–water partition coefficient (Wildman–Crippen LogP) is 3.27. The van der Waals surface area contributed by atoms with Crippen LogP contribution in [-0.2, 0) is 0 Å². The summed E-state index contributed by atoms with van der Waals surface area (Å²) in [4.78, 5) is 0. The molecule has 0 aromatic rings. The first-order chi connectivity index (χ1) is 4.06. The van der Waals surface area contributed by atoms with Gasteiger partial charge in [0.2, 0.25) is 0 Å². The lowest BCUT2D eigenvalue weighted by Gasteiger charge is -2.15. The van der Waals surface area contributed by atoms with Crippen molar-refractivity contribution in [3.63, 3.8) is 0 Å². The first-order valence-electron chi connectivity index (χ1n) is 2.95. The zero-order valence-electron chi connectivity index (χ0n) is 6.15. The van der Waals surface area contributed by atoms with Crippen molar-refractivity contribution in [1.29, 1.82) is 0 Å². The maximum Gasteiger partial charge on any atom is 0.0130 e. The highest BCUT2D eigenvalue weighted by Crippen LogP contribution is 2.22. The second-order valence-corrected chi connectivity index (χ2v) is 4.88. The molecular formula is C7H13ClS. The molecule has 0 saturated carbocycles. The zero-order chi connectivity index (χ0) is 7.33. The van der Waals surface area contributed by atoms with Crippen LogP contribution in [0, 0.1) is 0 Å². The molecule has 0 spiro atoms. The Kier molecular flexibility index (Phi) is 4.41. The smallest absolute Gasteiger partial charge is 0.0130 e. The second kappa shape index (κ2) is 4.24. The van der Waals surface area contributed by atoms with Gasteiger partial charge in [0, 0.05) is 16.0 Å². The quantitative estimate of drug-likeness (QED) is 0.604. The Bertz CT molecular complexity index is 91.6. The first kappa shape index (κ1) is 9.38. The predicted molar refractivity (Wildman–Crippen MR) is 47.2 cm³/mol. The van der Waals surface area contributed by atoms with E-state index in [9.17, 15) is 0 Å². The summed E-state index contributed by atoms with van der Waals surface area (Å²) in [7, 11) is 0. The summed E-state index contributed by atoms with van der Waals surface area (Å²) in [6.45, 7) is 6.58. The second-order valence-electron chi connectivity index (χ2n) is 2.79. The number of thioether (sulfide) groups is 1. The number of hydrogen-bond acceptors (Lipinski definition) is 1. The van der Waals surface area contributed by atoms with E-state index >= 15 is 0 Å². The number of halogens is 1. The lowest BCUT2D eigenvalue weighted by atomic mass is 10.3. The van der Waals surface area contributed by atoms with Crippen LogP contribution in [0.3, 0.4) is 0 Å². The van der Waals surface area contributed by atoms with Gasteiger partial charge in [-0.05, 0) is 0 Å². The zero-order valence-corrected chi connectivity index (χ0v) is 7.72. The van der Waals surface area contributed by atoms with Gasteiger partial charge in [0.05, 0.1) is 0 Å². The third-order valence-electron chi connectivity index (χ3n) is 0.702. The molecular weight excluding hydrogens is 152 g/mol. The van der Waals surface area contributed by atoms with Crippen LogP contribution in [0.15, 0.2) is 11.6 Å². The number of hydrogen-bond donors (Lipinski definition) is 0. The lowest BCUT2D eigenvalue weighted by molar-refractivity contribution is 0.804. The molecule has 0 atom stereocenters. The van der Waals surface area contributed by atoms with E-state index < -0.39 is 0 Å². The van der Waals surface area contributed by atoms with Gasteiger partial charge in [-0.2, -0.15) is 11.8 Å².